The number of thiophene rings is 1. The molecule has 0 aliphatic carbocycles. The van der Waals surface area contributed by atoms with Crippen molar-refractivity contribution in [2.45, 2.75) is 31.0 Å². The average Bonchev–Trinajstić information content (AvgIpc) is 3.33. The lowest BCUT2D eigenvalue weighted by molar-refractivity contribution is -0.121. The summed E-state index contributed by atoms with van der Waals surface area (Å²) in [6, 6.07) is 8.24. The van der Waals surface area contributed by atoms with Crippen LogP contribution in [0, 0.1) is 6.92 Å². The largest absolute Gasteiger partial charge is 0.329 e. The topological polar surface area (TPSA) is 122 Å². The molecule has 0 atom stereocenters. The zero-order valence-electron chi connectivity index (χ0n) is 15.9. The first kappa shape index (κ1) is 21.0. The van der Waals surface area contributed by atoms with Crippen molar-refractivity contribution in [1.82, 2.24) is 25.1 Å². The van der Waals surface area contributed by atoms with Gasteiger partial charge in [-0.2, -0.15) is 0 Å². The molecule has 9 nitrogen and oxygen atoms in total. The van der Waals surface area contributed by atoms with E-state index in [0.717, 1.165) is 29.2 Å². The molecule has 0 aliphatic rings. The fraction of sp³-hybridized carbons (Fsp3) is 0.278. The Bertz CT molecular complexity index is 1140. The summed E-state index contributed by atoms with van der Waals surface area (Å²) < 4.78 is 28.5. The van der Waals surface area contributed by atoms with Gasteiger partial charge < -0.3 is 4.57 Å². The number of hydrogen-bond acceptors (Lipinski definition) is 6. The Morgan fingerprint density at radius 3 is 2.69 bits per heavy atom. The molecule has 0 fully saturated rings. The number of rotatable bonds is 7. The number of imidazole rings is 1. The minimum atomic E-state index is -3.62. The molecule has 0 spiro atoms. The van der Waals surface area contributed by atoms with Gasteiger partial charge >= 0.3 is 0 Å². The highest BCUT2D eigenvalue weighted by atomic mass is 32.2. The molecule has 0 saturated heterocycles. The summed E-state index contributed by atoms with van der Waals surface area (Å²) in [5.74, 6) is -0.138. The van der Waals surface area contributed by atoms with Gasteiger partial charge in [-0.15, -0.1) is 11.3 Å². The van der Waals surface area contributed by atoms with Gasteiger partial charge in [0.25, 0.3) is 5.91 Å². The van der Waals surface area contributed by atoms with Gasteiger partial charge in [-0.1, -0.05) is 6.07 Å². The normalized spacial score (nSPS) is 11.5. The van der Waals surface area contributed by atoms with E-state index >= 15 is 0 Å². The maximum atomic E-state index is 12.3. The first-order valence-electron chi connectivity index (χ1n) is 8.91. The van der Waals surface area contributed by atoms with Gasteiger partial charge in [0.1, 0.15) is 10.0 Å². The van der Waals surface area contributed by atoms with E-state index in [1.807, 2.05) is 24.5 Å². The predicted molar refractivity (Wildman–Crippen MR) is 110 cm³/mol. The third-order valence-corrected chi connectivity index (χ3v) is 7.10. The summed E-state index contributed by atoms with van der Waals surface area (Å²) in [6.07, 6.45) is -0.121. The van der Waals surface area contributed by atoms with Crippen molar-refractivity contribution in [2.24, 2.45) is 0 Å². The number of fused-ring (bicyclic) bond motifs is 1. The van der Waals surface area contributed by atoms with Crippen LogP contribution >= 0.6 is 11.3 Å². The van der Waals surface area contributed by atoms with Gasteiger partial charge in [0.05, 0.1) is 11.0 Å². The maximum Gasteiger partial charge on any atom is 0.269 e. The van der Waals surface area contributed by atoms with Gasteiger partial charge in [0.15, 0.2) is 0 Å². The van der Waals surface area contributed by atoms with Crippen molar-refractivity contribution in [1.29, 1.82) is 0 Å². The first-order chi connectivity index (χ1) is 13.8. The van der Waals surface area contributed by atoms with Gasteiger partial charge in [-0.25, -0.2) is 18.1 Å². The highest BCUT2D eigenvalue weighted by Crippen LogP contribution is 2.18. The van der Waals surface area contributed by atoms with Crippen molar-refractivity contribution in [3.05, 3.63) is 47.1 Å². The Hall–Kier alpha value is -2.76. The molecule has 2 aromatic heterocycles. The number of carbonyl (C=O) groups excluding carboxylic acids is 2. The van der Waals surface area contributed by atoms with Gasteiger partial charge in [0, 0.05) is 25.1 Å². The monoisotopic (exact) mass is 435 g/mol. The van der Waals surface area contributed by atoms with E-state index in [4.69, 9.17) is 0 Å². The Kier molecular flexibility index (Phi) is 6.30. The lowest BCUT2D eigenvalue weighted by Crippen LogP contribution is -2.42. The third-order valence-electron chi connectivity index (χ3n) is 4.24. The smallest absolute Gasteiger partial charge is 0.269 e. The molecule has 2 heterocycles. The minimum Gasteiger partial charge on any atom is -0.329 e. The van der Waals surface area contributed by atoms with Crippen molar-refractivity contribution in [3.63, 3.8) is 0 Å². The molecule has 2 amide bonds. The molecule has 0 saturated carbocycles. The van der Waals surface area contributed by atoms with Crippen molar-refractivity contribution in [2.75, 3.05) is 6.54 Å². The number of hydrogen-bond donors (Lipinski definition) is 3. The van der Waals surface area contributed by atoms with Crippen LogP contribution in [0.1, 0.15) is 29.5 Å². The van der Waals surface area contributed by atoms with Crippen molar-refractivity contribution < 1.29 is 18.0 Å². The molecular weight excluding hydrogens is 414 g/mol. The quantitative estimate of drug-likeness (QED) is 0.486. The van der Waals surface area contributed by atoms with Crippen molar-refractivity contribution >= 4 is 44.2 Å². The molecule has 3 aromatic rings. The summed E-state index contributed by atoms with van der Waals surface area (Å²) in [5.41, 5.74) is 6.60. The number of hydrazine groups is 1. The fourth-order valence-electron chi connectivity index (χ4n) is 2.84. The number of aryl methyl sites for hydroxylation is 2. The zero-order chi connectivity index (χ0) is 21.0. The van der Waals surface area contributed by atoms with E-state index in [9.17, 15) is 18.0 Å². The minimum absolute atomic E-state index is 0.0817. The number of sulfonamides is 1. The second-order valence-electron chi connectivity index (χ2n) is 6.19. The molecule has 0 unspecified atom stereocenters. The Morgan fingerprint density at radius 1 is 1.21 bits per heavy atom. The second-order valence-corrected chi connectivity index (χ2v) is 9.13. The number of aromatic nitrogens is 2. The van der Waals surface area contributed by atoms with Gasteiger partial charge in [0.2, 0.25) is 15.9 Å². The summed E-state index contributed by atoms with van der Waals surface area (Å²) in [4.78, 5) is 28.6. The van der Waals surface area contributed by atoms with E-state index < -0.39 is 21.8 Å². The van der Waals surface area contributed by atoms with Crippen LogP contribution in [-0.2, 0) is 21.4 Å². The van der Waals surface area contributed by atoms with Crippen LogP contribution in [0.2, 0.25) is 0 Å². The van der Waals surface area contributed by atoms with Crippen LogP contribution < -0.4 is 15.6 Å². The van der Waals surface area contributed by atoms with E-state index in [0.29, 0.717) is 11.1 Å². The van der Waals surface area contributed by atoms with Crippen LogP contribution in [0.15, 0.2) is 39.9 Å². The Balaban J connectivity index is 1.51. The number of carbonyl (C=O) groups is 2. The van der Waals surface area contributed by atoms with E-state index in [1.54, 1.807) is 23.6 Å². The number of benzene rings is 1. The second kappa shape index (κ2) is 8.72. The molecule has 1 aromatic carbocycles. The fourth-order valence-corrected chi connectivity index (χ4v) is 4.91. The summed E-state index contributed by atoms with van der Waals surface area (Å²) >= 11 is 1.09. The number of nitrogens with zero attached hydrogens (tertiary/aromatic N) is 2. The summed E-state index contributed by atoms with van der Waals surface area (Å²) in [6.45, 7) is 4.61. The number of amides is 2. The van der Waals surface area contributed by atoms with Crippen LogP contribution in [0.5, 0.6) is 0 Å². The van der Waals surface area contributed by atoms with Gasteiger partial charge in [-0.05, 0) is 43.5 Å². The lowest BCUT2D eigenvalue weighted by Gasteiger charge is -2.08. The lowest BCUT2D eigenvalue weighted by atomic mass is 10.2. The Labute approximate surface area is 172 Å². The van der Waals surface area contributed by atoms with Crippen LogP contribution in [0.3, 0.4) is 0 Å². The van der Waals surface area contributed by atoms with Crippen LogP contribution in [0.25, 0.3) is 11.0 Å². The molecule has 0 radical (unpaired) electrons. The molecular formula is C18H21N5O4S2. The highest BCUT2D eigenvalue weighted by Gasteiger charge is 2.15. The maximum absolute atomic E-state index is 12.3. The van der Waals surface area contributed by atoms with Crippen LogP contribution in [0.4, 0.5) is 0 Å². The molecule has 0 aliphatic heterocycles. The molecule has 3 N–H and O–H groups in total. The van der Waals surface area contributed by atoms with Crippen LogP contribution in [-0.4, -0.2) is 36.3 Å². The average molecular weight is 436 g/mol. The first-order valence-corrected chi connectivity index (χ1v) is 11.3. The highest BCUT2D eigenvalue weighted by molar-refractivity contribution is 7.91. The van der Waals surface area contributed by atoms with E-state index in [2.05, 4.69) is 20.6 Å². The van der Waals surface area contributed by atoms with Crippen molar-refractivity contribution in [3.8, 4) is 0 Å². The molecule has 11 heteroatoms. The van der Waals surface area contributed by atoms with E-state index in [1.165, 1.54) is 6.07 Å². The van der Waals surface area contributed by atoms with Gasteiger partial charge in [-0.3, -0.25) is 20.4 Å². The Morgan fingerprint density at radius 2 is 2.00 bits per heavy atom. The third kappa shape index (κ3) is 4.81. The predicted octanol–water partition coefficient (Wildman–Crippen LogP) is 1.56. The standard InChI is InChI=1S/C18H21N5O4S2/c1-3-23-12(2)20-14-11-13(6-7-15(14)23)18(25)22-21-16(24)8-9-19-29(26,27)17-5-4-10-28-17/h4-7,10-11,19H,3,8-9H2,1-2H3,(H,21,24)(H,22,25). The SMILES string of the molecule is CCn1c(C)nc2cc(C(=O)NNC(=O)CCNS(=O)(=O)c3cccs3)ccc21. The zero-order valence-corrected chi connectivity index (χ0v) is 17.6. The number of nitrogens with one attached hydrogen (secondary N) is 3. The molecule has 154 valence electrons. The summed E-state index contributed by atoms with van der Waals surface area (Å²) in [5, 5.41) is 1.65. The molecule has 0 bridgehead atoms. The summed E-state index contributed by atoms with van der Waals surface area (Å²) in [7, 11) is -3.62. The van der Waals surface area contributed by atoms with E-state index in [-0.39, 0.29) is 17.2 Å². The molecule has 3 rings (SSSR count). The molecule has 29 heavy (non-hydrogen) atoms.